The average Bonchev–Trinajstić information content (AvgIpc) is 2.57. The molecule has 0 heterocycles. The van der Waals surface area contributed by atoms with Crippen molar-refractivity contribution in [3.05, 3.63) is 64.7 Å². The molecular weight excluding hydrogens is 324 g/mol. The number of aromatic carboxylic acids is 1. The molecule has 2 rings (SSSR count). The summed E-state index contributed by atoms with van der Waals surface area (Å²) in [5.41, 5.74) is 10.7. The van der Waals surface area contributed by atoms with Crippen LogP contribution in [0.5, 0.6) is 0 Å². The Hall–Kier alpha value is -2.33. The van der Waals surface area contributed by atoms with E-state index < -0.39 is 12.0 Å². The van der Waals surface area contributed by atoms with Gasteiger partial charge >= 0.3 is 5.97 Å². The fourth-order valence-electron chi connectivity index (χ4n) is 3.11. The molecule has 0 aliphatic heterocycles. The molecule has 2 aromatic rings. The molecule has 0 spiro atoms. The van der Waals surface area contributed by atoms with Gasteiger partial charge in [0.2, 0.25) is 0 Å². The number of aryl methyl sites for hydroxylation is 1. The molecule has 0 radical (unpaired) electrons. The van der Waals surface area contributed by atoms with E-state index in [9.17, 15) is 9.90 Å². The summed E-state index contributed by atoms with van der Waals surface area (Å²) in [7, 11) is 0. The molecule has 2 atom stereocenters. The van der Waals surface area contributed by atoms with Gasteiger partial charge in [-0.25, -0.2) is 4.79 Å². The molecule has 26 heavy (non-hydrogen) atoms. The van der Waals surface area contributed by atoms with Gasteiger partial charge in [-0.3, -0.25) is 0 Å². The van der Waals surface area contributed by atoms with Crippen LogP contribution in [0.2, 0.25) is 0 Å². The molecule has 0 aliphatic carbocycles. The minimum atomic E-state index is -0.943. The SMILES string of the molecule is CCC(Nc1cccc(C)c1)C(N)c1cc(C(C)(C)C)ccc1C(=O)O. The van der Waals surface area contributed by atoms with Crippen molar-refractivity contribution in [2.24, 2.45) is 5.73 Å². The van der Waals surface area contributed by atoms with Crippen molar-refractivity contribution in [3.63, 3.8) is 0 Å². The highest BCUT2D eigenvalue weighted by atomic mass is 16.4. The summed E-state index contributed by atoms with van der Waals surface area (Å²) in [5.74, 6) is -0.943. The first-order chi connectivity index (χ1) is 12.1. The van der Waals surface area contributed by atoms with E-state index in [-0.39, 0.29) is 17.0 Å². The van der Waals surface area contributed by atoms with Crippen LogP contribution in [-0.2, 0) is 5.41 Å². The largest absolute Gasteiger partial charge is 0.478 e. The third-order valence-electron chi connectivity index (χ3n) is 4.75. The van der Waals surface area contributed by atoms with E-state index in [1.54, 1.807) is 6.07 Å². The number of anilines is 1. The summed E-state index contributed by atoms with van der Waals surface area (Å²) in [4.78, 5) is 11.7. The number of hydrogen-bond acceptors (Lipinski definition) is 3. The zero-order chi connectivity index (χ0) is 19.5. The van der Waals surface area contributed by atoms with Gasteiger partial charge in [0.1, 0.15) is 0 Å². The van der Waals surface area contributed by atoms with Crippen LogP contribution in [0, 0.1) is 6.92 Å². The van der Waals surface area contributed by atoms with Crippen molar-refractivity contribution in [1.82, 2.24) is 0 Å². The zero-order valence-corrected chi connectivity index (χ0v) is 16.3. The van der Waals surface area contributed by atoms with Crippen molar-refractivity contribution in [3.8, 4) is 0 Å². The Morgan fingerprint density at radius 1 is 1.19 bits per heavy atom. The number of nitrogens with one attached hydrogen (secondary N) is 1. The van der Waals surface area contributed by atoms with E-state index in [1.807, 2.05) is 37.3 Å². The maximum absolute atomic E-state index is 11.7. The van der Waals surface area contributed by atoms with E-state index in [2.05, 4.69) is 39.1 Å². The summed E-state index contributed by atoms with van der Waals surface area (Å²) in [6, 6.07) is 13.1. The molecule has 0 fully saturated rings. The Morgan fingerprint density at radius 2 is 1.88 bits per heavy atom. The maximum Gasteiger partial charge on any atom is 0.336 e. The van der Waals surface area contributed by atoms with Gasteiger partial charge in [0.15, 0.2) is 0 Å². The quantitative estimate of drug-likeness (QED) is 0.691. The Balaban J connectivity index is 2.41. The molecule has 0 aliphatic rings. The van der Waals surface area contributed by atoms with Crippen molar-refractivity contribution >= 4 is 11.7 Å². The first-order valence-electron chi connectivity index (χ1n) is 9.10. The topological polar surface area (TPSA) is 75.3 Å². The molecule has 0 saturated heterocycles. The smallest absolute Gasteiger partial charge is 0.336 e. The van der Waals surface area contributed by atoms with Gasteiger partial charge in [0, 0.05) is 11.7 Å². The third kappa shape index (κ3) is 4.64. The van der Waals surface area contributed by atoms with E-state index >= 15 is 0 Å². The Morgan fingerprint density at radius 3 is 2.42 bits per heavy atom. The van der Waals surface area contributed by atoms with Crippen molar-refractivity contribution in [1.29, 1.82) is 0 Å². The van der Waals surface area contributed by atoms with Crippen LogP contribution in [-0.4, -0.2) is 17.1 Å². The van der Waals surface area contributed by atoms with Gasteiger partial charge in [0.25, 0.3) is 0 Å². The monoisotopic (exact) mass is 354 g/mol. The van der Waals surface area contributed by atoms with Crippen LogP contribution in [0.3, 0.4) is 0 Å². The predicted molar refractivity (Wildman–Crippen MR) is 108 cm³/mol. The van der Waals surface area contributed by atoms with Gasteiger partial charge in [-0.1, -0.05) is 52.0 Å². The molecule has 4 N–H and O–H groups in total. The van der Waals surface area contributed by atoms with E-state index in [0.717, 1.165) is 17.7 Å². The van der Waals surface area contributed by atoms with Crippen LogP contribution in [0.15, 0.2) is 42.5 Å². The second kappa shape index (κ2) is 7.92. The number of carboxylic acids is 1. The van der Waals surface area contributed by atoms with Gasteiger partial charge in [-0.2, -0.15) is 0 Å². The Labute approximate surface area is 156 Å². The van der Waals surface area contributed by atoms with E-state index in [0.29, 0.717) is 5.56 Å². The highest BCUT2D eigenvalue weighted by Gasteiger charge is 2.25. The lowest BCUT2D eigenvalue weighted by Gasteiger charge is -2.28. The summed E-state index contributed by atoms with van der Waals surface area (Å²) < 4.78 is 0. The fraction of sp³-hybridized carbons (Fsp3) is 0.409. The molecular formula is C22H30N2O2. The van der Waals surface area contributed by atoms with Crippen LogP contribution in [0.4, 0.5) is 5.69 Å². The number of carboxylic acid groups (broad SMARTS) is 1. The average molecular weight is 354 g/mol. The second-order valence-electron chi connectivity index (χ2n) is 7.91. The first kappa shape index (κ1) is 20.0. The fourth-order valence-corrected chi connectivity index (χ4v) is 3.11. The number of benzene rings is 2. The molecule has 2 aromatic carbocycles. The van der Waals surface area contributed by atoms with Gasteiger partial charge < -0.3 is 16.2 Å². The minimum absolute atomic E-state index is 0.0647. The van der Waals surface area contributed by atoms with Gasteiger partial charge in [-0.05, 0) is 53.6 Å². The molecule has 0 amide bonds. The van der Waals surface area contributed by atoms with Crippen molar-refractivity contribution in [2.75, 3.05) is 5.32 Å². The highest BCUT2D eigenvalue weighted by Crippen LogP contribution is 2.30. The number of nitrogens with two attached hydrogens (primary N) is 1. The van der Waals surface area contributed by atoms with Crippen LogP contribution in [0.1, 0.15) is 67.2 Å². The molecule has 140 valence electrons. The van der Waals surface area contributed by atoms with Crippen molar-refractivity contribution < 1.29 is 9.90 Å². The lowest BCUT2D eigenvalue weighted by molar-refractivity contribution is 0.0695. The third-order valence-corrected chi connectivity index (χ3v) is 4.75. The van der Waals surface area contributed by atoms with Crippen LogP contribution >= 0.6 is 0 Å². The van der Waals surface area contributed by atoms with Crippen LogP contribution < -0.4 is 11.1 Å². The second-order valence-corrected chi connectivity index (χ2v) is 7.91. The number of rotatable bonds is 6. The lowest BCUT2D eigenvalue weighted by atomic mass is 9.83. The van der Waals surface area contributed by atoms with Gasteiger partial charge in [0.05, 0.1) is 11.6 Å². The highest BCUT2D eigenvalue weighted by molar-refractivity contribution is 5.89. The molecule has 4 nitrogen and oxygen atoms in total. The first-order valence-corrected chi connectivity index (χ1v) is 9.10. The number of carbonyl (C=O) groups is 1. The van der Waals surface area contributed by atoms with E-state index in [1.165, 1.54) is 5.56 Å². The molecule has 0 bridgehead atoms. The standard InChI is InChI=1S/C22H30N2O2/c1-6-19(24-16-9-7-8-14(2)12-16)20(23)18-13-15(22(3,4)5)10-11-17(18)21(25)26/h7-13,19-20,24H,6,23H2,1-5H3,(H,25,26). The summed E-state index contributed by atoms with van der Waals surface area (Å²) in [5, 5.41) is 13.1. The number of hydrogen-bond donors (Lipinski definition) is 3. The normalized spacial score (nSPS) is 13.9. The Bertz CT molecular complexity index is 778. The lowest BCUT2D eigenvalue weighted by Crippen LogP contribution is -2.34. The summed E-state index contributed by atoms with van der Waals surface area (Å²) >= 11 is 0. The molecule has 0 saturated carbocycles. The van der Waals surface area contributed by atoms with Crippen LogP contribution in [0.25, 0.3) is 0 Å². The predicted octanol–water partition coefficient (Wildman–Crippen LogP) is 4.88. The summed E-state index contributed by atoms with van der Waals surface area (Å²) in [6.07, 6.45) is 0.786. The zero-order valence-electron chi connectivity index (χ0n) is 16.3. The minimum Gasteiger partial charge on any atom is -0.478 e. The molecule has 4 heteroatoms. The Kier molecular flexibility index (Phi) is 6.09. The molecule has 2 unspecified atom stereocenters. The van der Waals surface area contributed by atoms with Crippen molar-refractivity contribution in [2.45, 2.75) is 58.5 Å². The maximum atomic E-state index is 11.7. The molecule has 0 aromatic heterocycles. The van der Waals surface area contributed by atoms with E-state index in [4.69, 9.17) is 5.73 Å². The summed E-state index contributed by atoms with van der Waals surface area (Å²) in [6.45, 7) is 10.4. The van der Waals surface area contributed by atoms with Gasteiger partial charge in [-0.15, -0.1) is 0 Å².